The van der Waals surface area contributed by atoms with Crippen molar-refractivity contribution < 1.29 is 33.3 Å². The molecule has 1 heterocycles. The minimum Gasteiger partial charge on any atom is -0.495 e. The van der Waals surface area contributed by atoms with Crippen molar-refractivity contribution in [1.82, 2.24) is 0 Å². The normalized spacial score (nSPS) is 13.2. The molecular formula is C20H20BrNO7. The van der Waals surface area contributed by atoms with E-state index < -0.39 is 18.0 Å². The molecule has 29 heavy (non-hydrogen) atoms. The zero-order valence-corrected chi connectivity index (χ0v) is 17.7. The summed E-state index contributed by atoms with van der Waals surface area (Å²) < 4.78 is 27.2. The van der Waals surface area contributed by atoms with Gasteiger partial charge in [0.1, 0.15) is 29.2 Å². The lowest BCUT2D eigenvalue weighted by atomic mass is 10.2. The number of anilines is 1. The monoisotopic (exact) mass is 465 g/mol. The van der Waals surface area contributed by atoms with Gasteiger partial charge in [-0.2, -0.15) is 0 Å². The summed E-state index contributed by atoms with van der Waals surface area (Å²) in [6.45, 7) is 2.41. The first kappa shape index (κ1) is 20.8. The molecule has 2 aromatic rings. The fraction of sp³-hybridized carbons (Fsp3) is 0.300. The number of hydrogen-bond donors (Lipinski definition) is 1. The summed E-state index contributed by atoms with van der Waals surface area (Å²) >= 11 is 3.34. The molecule has 0 saturated carbocycles. The molecule has 0 spiro atoms. The fourth-order valence-electron chi connectivity index (χ4n) is 2.63. The number of nitrogens with one attached hydrogen (secondary N) is 1. The molecule has 1 aliphatic heterocycles. The summed E-state index contributed by atoms with van der Waals surface area (Å²) in [5, 5.41) is 2.69. The lowest BCUT2D eigenvalue weighted by molar-refractivity contribution is -0.123. The Balaban J connectivity index is 1.67. The molecule has 8 nitrogen and oxygen atoms in total. The number of ether oxygens (including phenoxy) is 5. The van der Waals surface area contributed by atoms with E-state index in [4.69, 9.17) is 23.7 Å². The lowest BCUT2D eigenvalue weighted by Gasteiger charge is -2.19. The first-order valence-electron chi connectivity index (χ1n) is 8.76. The zero-order valence-electron chi connectivity index (χ0n) is 16.1. The van der Waals surface area contributed by atoms with Gasteiger partial charge in [0.15, 0.2) is 17.6 Å². The second-order valence-corrected chi connectivity index (χ2v) is 6.88. The predicted octanol–water partition coefficient (Wildman–Crippen LogP) is 3.42. The van der Waals surface area contributed by atoms with Gasteiger partial charge in [0.05, 0.1) is 19.8 Å². The molecule has 1 unspecified atom stereocenters. The Kier molecular flexibility index (Phi) is 6.48. The van der Waals surface area contributed by atoms with E-state index in [1.807, 2.05) is 0 Å². The smallest absolute Gasteiger partial charge is 0.339 e. The second kappa shape index (κ2) is 9.04. The van der Waals surface area contributed by atoms with Gasteiger partial charge in [-0.25, -0.2) is 4.79 Å². The first-order chi connectivity index (χ1) is 13.9. The Morgan fingerprint density at radius 1 is 1.03 bits per heavy atom. The van der Waals surface area contributed by atoms with E-state index in [9.17, 15) is 9.59 Å². The molecule has 0 fully saturated rings. The second-order valence-electron chi connectivity index (χ2n) is 6.09. The SMILES string of the molecule is COc1cc(C(=O)OC(C)C(=O)Nc2ccc3c(c2)OCCO3)cc(OC)c1Br. The molecule has 2 aromatic carbocycles. The molecule has 3 rings (SSSR count). The minimum absolute atomic E-state index is 0.195. The van der Waals surface area contributed by atoms with Crippen molar-refractivity contribution in [2.45, 2.75) is 13.0 Å². The summed E-state index contributed by atoms with van der Waals surface area (Å²) in [7, 11) is 2.94. The molecule has 154 valence electrons. The third-order valence-electron chi connectivity index (χ3n) is 4.14. The van der Waals surface area contributed by atoms with Crippen molar-refractivity contribution in [3.05, 3.63) is 40.4 Å². The highest BCUT2D eigenvalue weighted by molar-refractivity contribution is 9.10. The Bertz CT molecular complexity index is 906. The van der Waals surface area contributed by atoms with Crippen LogP contribution in [0.2, 0.25) is 0 Å². The van der Waals surface area contributed by atoms with E-state index in [1.54, 1.807) is 18.2 Å². The maximum absolute atomic E-state index is 12.5. The average molecular weight is 466 g/mol. The third-order valence-corrected chi connectivity index (χ3v) is 4.93. The van der Waals surface area contributed by atoms with Crippen LogP contribution in [0.4, 0.5) is 5.69 Å². The molecule has 1 amide bonds. The van der Waals surface area contributed by atoms with Crippen molar-refractivity contribution in [2.75, 3.05) is 32.8 Å². The number of benzene rings is 2. The molecule has 9 heteroatoms. The van der Waals surface area contributed by atoms with E-state index in [1.165, 1.54) is 33.3 Å². The summed E-state index contributed by atoms with van der Waals surface area (Å²) in [4.78, 5) is 24.9. The number of halogens is 1. The van der Waals surface area contributed by atoms with Gasteiger partial charge in [-0.3, -0.25) is 4.79 Å². The highest BCUT2D eigenvalue weighted by atomic mass is 79.9. The van der Waals surface area contributed by atoms with Gasteiger partial charge in [-0.05, 0) is 47.1 Å². The minimum atomic E-state index is -1.03. The van der Waals surface area contributed by atoms with Crippen LogP contribution in [0.15, 0.2) is 34.8 Å². The van der Waals surface area contributed by atoms with Crippen LogP contribution in [-0.4, -0.2) is 45.4 Å². The summed E-state index contributed by atoms with van der Waals surface area (Å²) in [6, 6.07) is 8.05. The highest BCUT2D eigenvalue weighted by Gasteiger charge is 2.22. The Hall–Kier alpha value is -2.94. The quantitative estimate of drug-likeness (QED) is 0.653. The fourth-order valence-corrected chi connectivity index (χ4v) is 3.19. The average Bonchev–Trinajstić information content (AvgIpc) is 2.73. The van der Waals surface area contributed by atoms with E-state index in [0.717, 1.165) is 0 Å². The van der Waals surface area contributed by atoms with Gasteiger partial charge in [0.25, 0.3) is 5.91 Å². The standard InChI is InChI=1S/C20H20BrNO7/c1-11(19(23)22-13-4-5-14-15(10-13)28-7-6-27-14)29-20(24)12-8-16(25-2)18(21)17(9-12)26-3/h4-5,8-11H,6-7H2,1-3H3,(H,22,23). The third kappa shape index (κ3) is 4.73. The molecule has 0 bridgehead atoms. The van der Waals surface area contributed by atoms with Crippen LogP contribution in [0.25, 0.3) is 0 Å². The maximum atomic E-state index is 12.5. The highest BCUT2D eigenvalue weighted by Crippen LogP contribution is 2.36. The van der Waals surface area contributed by atoms with Crippen molar-refractivity contribution in [2.24, 2.45) is 0 Å². The van der Waals surface area contributed by atoms with Crippen molar-refractivity contribution in [3.8, 4) is 23.0 Å². The molecule has 1 aliphatic rings. The summed E-state index contributed by atoms with van der Waals surface area (Å²) in [6.07, 6.45) is -1.03. The van der Waals surface area contributed by atoms with Gasteiger partial charge in [-0.1, -0.05) is 0 Å². The van der Waals surface area contributed by atoms with Crippen molar-refractivity contribution in [1.29, 1.82) is 0 Å². The van der Waals surface area contributed by atoms with Gasteiger partial charge >= 0.3 is 5.97 Å². The maximum Gasteiger partial charge on any atom is 0.339 e. The Morgan fingerprint density at radius 2 is 1.66 bits per heavy atom. The number of methoxy groups -OCH3 is 2. The number of esters is 1. The Morgan fingerprint density at radius 3 is 2.28 bits per heavy atom. The van der Waals surface area contributed by atoms with Gasteiger partial charge in [-0.15, -0.1) is 0 Å². The molecule has 1 N–H and O–H groups in total. The molecule has 0 aliphatic carbocycles. The number of fused-ring (bicyclic) bond motifs is 1. The van der Waals surface area contributed by atoms with Crippen LogP contribution in [0.1, 0.15) is 17.3 Å². The number of carbonyl (C=O) groups excluding carboxylic acids is 2. The van der Waals surface area contributed by atoms with E-state index in [2.05, 4.69) is 21.2 Å². The number of carbonyl (C=O) groups is 2. The number of hydrogen-bond acceptors (Lipinski definition) is 7. The van der Waals surface area contributed by atoms with Crippen LogP contribution < -0.4 is 24.3 Å². The zero-order chi connectivity index (χ0) is 21.0. The molecule has 0 saturated heterocycles. The first-order valence-corrected chi connectivity index (χ1v) is 9.55. The van der Waals surface area contributed by atoms with E-state index in [0.29, 0.717) is 46.4 Å². The molecule has 0 radical (unpaired) electrons. The van der Waals surface area contributed by atoms with Gasteiger partial charge in [0, 0.05) is 11.8 Å². The van der Waals surface area contributed by atoms with Crippen LogP contribution in [-0.2, 0) is 9.53 Å². The Labute approximate surface area is 176 Å². The van der Waals surface area contributed by atoms with E-state index in [-0.39, 0.29) is 5.56 Å². The van der Waals surface area contributed by atoms with Crippen LogP contribution in [0, 0.1) is 0 Å². The predicted molar refractivity (Wildman–Crippen MR) is 108 cm³/mol. The number of rotatable bonds is 6. The molecule has 1 atom stereocenters. The van der Waals surface area contributed by atoms with Crippen LogP contribution >= 0.6 is 15.9 Å². The number of amides is 1. The molecular weight excluding hydrogens is 446 g/mol. The summed E-state index contributed by atoms with van der Waals surface area (Å²) in [5.41, 5.74) is 0.704. The van der Waals surface area contributed by atoms with Gasteiger partial charge < -0.3 is 29.0 Å². The van der Waals surface area contributed by atoms with Crippen LogP contribution in [0.3, 0.4) is 0 Å². The largest absolute Gasteiger partial charge is 0.495 e. The lowest BCUT2D eigenvalue weighted by Crippen LogP contribution is -2.30. The van der Waals surface area contributed by atoms with Crippen molar-refractivity contribution in [3.63, 3.8) is 0 Å². The molecule has 0 aromatic heterocycles. The topological polar surface area (TPSA) is 92.3 Å². The van der Waals surface area contributed by atoms with E-state index >= 15 is 0 Å². The summed E-state index contributed by atoms with van der Waals surface area (Å²) in [5.74, 6) is 0.818. The van der Waals surface area contributed by atoms with Crippen LogP contribution in [0.5, 0.6) is 23.0 Å². The van der Waals surface area contributed by atoms with Crippen molar-refractivity contribution >= 4 is 33.5 Å². The van der Waals surface area contributed by atoms with Gasteiger partial charge in [0.2, 0.25) is 0 Å².